The van der Waals surface area contributed by atoms with E-state index in [0.717, 1.165) is 19.6 Å². The lowest BCUT2D eigenvalue weighted by atomic mass is 10.0. The number of hydrogen-bond donors (Lipinski definition) is 2. The quantitative estimate of drug-likeness (QED) is 0.812. The molecule has 3 heteroatoms. The predicted octanol–water partition coefficient (Wildman–Crippen LogP) is 1.40. The average Bonchev–Trinajstić information content (AvgIpc) is 2.50. The van der Waals surface area contributed by atoms with E-state index in [9.17, 15) is 5.11 Å². The van der Waals surface area contributed by atoms with Crippen molar-refractivity contribution in [2.45, 2.75) is 25.5 Å². The van der Waals surface area contributed by atoms with Gasteiger partial charge in [0.1, 0.15) is 0 Å². The molecule has 17 heavy (non-hydrogen) atoms. The maximum Gasteiger partial charge on any atom is 0.0869 e. The molecule has 0 aromatic heterocycles. The molecule has 1 heterocycles. The van der Waals surface area contributed by atoms with Gasteiger partial charge in [-0.2, -0.15) is 0 Å². The van der Waals surface area contributed by atoms with Gasteiger partial charge in [0.05, 0.1) is 5.60 Å². The van der Waals surface area contributed by atoms with E-state index in [4.69, 9.17) is 0 Å². The SMILES string of the molecule is CC(c1ccccc1)N1CCNCC(C)(O)C1. The summed E-state index contributed by atoms with van der Waals surface area (Å²) >= 11 is 0. The molecule has 0 radical (unpaired) electrons. The van der Waals surface area contributed by atoms with E-state index < -0.39 is 5.60 Å². The maximum atomic E-state index is 10.2. The van der Waals surface area contributed by atoms with Crippen LogP contribution in [0.25, 0.3) is 0 Å². The van der Waals surface area contributed by atoms with E-state index >= 15 is 0 Å². The highest BCUT2D eigenvalue weighted by atomic mass is 16.3. The molecule has 1 aromatic carbocycles. The lowest BCUT2D eigenvalue weighted by Crippen LogP contribution is -2.43. The number of rotatable bonds is 2. The standard InChI is InChI=1S/C14H22N2O/c1-12(13-6-4-3-5-7-13)16-9-8-15-10-14(2,17)11-16/h3-7,12,15,17H,8-11H2,1-2H3. The first-order valence-electron chi connectivity index (χ1n) is 6.31. The van der Waals surface area contributed by atoms with E-state index in [-0.39, 0.29) is 0 Å². The lowest BCUT2D eigenvalue weighted by molar-refractivity contribution is 0.0234. The summed E-state index contributed by atoms with van der Waals surface area (Å²) in [6, 6.07) is 10.8. The molecule has 0 bridgehead atoms. The highest BCUT2D eigenvalue weighted by Gasteiger charge is 2.29. The molecule has 2 rings (SSSR count). The fourth-order valence-electron chi connectivity index (χ4n) is 2.43. The van der Waals surface area contributed by atoms with Gasteiger partial charge in [-0.1, -0.05) is 30.3 Å². The molecule has 0 amide bonds. The van der Waals surface area contributed by atoms with Gasteiger partial charge in [-0.05, 0) is 19.4 Å². The first kappa shape index (κ1) is 12.6. The molecule has 1 aromatic rings. The minimum atomic E-state index is -0.639. The number of nitrogens with one attached hydrogen (secondary N) is 1. The van der Waals surface area contributed by atoms with Gasteiger partial charge in [-0.3, -0.25) is 4.90 Å². The zero-order chi connectivity index (χ0) is 12.3. The number of aliphatic hydroxyl groups is 1. The fraction of sp³-hybridized carbons (Fsp3) is 0.571. The summed E-state index contributed by atoms with van der Waals surface area (Å²) in [6.45, 7) is 7.41. The van der Waals surface area contributed by atoms with Crippen LogP contribution in [-0.2, 0) is 0 Å². The van der Waals surface area contributed by atoms with Crippen molar-refractivity contribution in [3.63, 3.8) is 0 Å². The second-order valence-electron chi connectivity index (χ2n) is 5.23. The summed E-state index contributed by atoms with van der Waals surface area (Å²) in [5, 5.41) is 13.5. The highest BCUT2D eigenvalue weighted by molar-refractivity contribution is 5.18. The van der Waals surface area contributed by atoms with E-state index in [2.05, 4.69) is 41.4 Å². The minimum Gasteiger partial charge on any atom is -0.388 e. The van der Waals surface area contributed by atoms with Crippen molar-refractivity contribution in [1.82, 2.24) is 10.2 Å². The largest absolute Gasteiger partial charge is 0.388 e. The maximum absolute atomic E-state index is 10.2. The average molecular weight is 234 g/mol. The van der Waals surface area contributed by atoms with Gasteiger partial charge >= 0.3 is 0 Å². The van der Waals surface area contributed by atoms with Gasteiger partial charge < -0.3 is 10.4 Å². The summed E-state index contributed by atoms with van der Waals surface area (Å²) in [7, 11) is 0. The van der Waals surface area contributed by atoms with Crippen molar-refractivity contribution in [3.05, 3.63) is 35.9 Å². The van der Waals surface area contributed by atoms with Crippen LogP contribution in [0.4, 0.5) is 0 Å². The number of nitrogens with zero attached hydrogens (tertiary/aromatic N) is 1. The summed E-state index contributed by atoms with van der Waals surface area (Å²) < 4.78 is 0. The summed E-state index contributed by atoms with van der Waals surface area (Å²) in [4.78, 5) is 2.34. The molecule has 1 fully saturated rings. The Morgan fingerprint density at radius 2 is 2.06 bits per heavy atom. The van der Waals surface area contributed by atoms with Crippen molar-refractivity contribution < 1.29 is 5.11 Å². The van der Waals surface area contributed by atoms with Crippen molar-refractivity contribution in [2.24, 2.45) is 0 Å². The molecule has 0 aliphatic carbocycles. The van der Waals surface area contributed by atoms with Crippen LogP contribution in [0.5, 0.6) is 0 Å². The number of benzene rings is 1. The van der Waals surface area contributed by atoms with Gasteiger partial charge in [0, 0.05) is 32.2 Å². The second kappa shape index (κ2) is 5.17. The molecule has 1 saturated heterocycles. The molecule has 3 nitrogen and oxygen atoms in total. The summed E-state index contributed by atoms with van der Waals surface area (Å²) in [5.74, 6) is 0. The smallest absolute Gasteiger partial charge is 0.0869 e. The van der Waals surface area contributed by atoms with Crippen LogP contribution in [0.3, 0.4) is 0 Å². The minimum absolute atomic E-state index is 0.350. The van der Waals surface area contributed by atoms with E-state index in [1.165, 1.54) is 5.56 Å². The van der Waals surface area contributed by atoms with Crippen molar-refractivity contribution >= 4 is 0 Å². The van der Waals surface area contributed by atoms with Crippen molar-refractivity contribution in [1.29, 1.82) is 0 Å². The topological polar surface area (TPSA) is 35.5 Å². The second-order valence-corrected chi connectivity index (χ2v) is 5.23. The lowest BCUT2D eigenvalue weighted by Gasteiger charge is -2.32. The van der Waals surface area contributed by atoms with Gasteiger partial charge in [-0.25, -0.2) is 0 Å². The third-order valence-electron chi connectivity index (χ3n) is 3.46. The van der Waals surface area contributed by atoms with Gasteiger partial charge in [0.2, 0.25) is 0 Å². The van der Waals surface area contributed by atoms with Crippen LogP contribution < -0.4 is 5.32 Å². The summed E-state index contributed by atoms with van der Waals surface area (Å²) in [5.41, 5.74) is 0.671. The van der Waals surface area contributed by atoms with E-state index in [1.54, 1.807) is 0 Å². The Balaban J connectivity index is 2.10. The van der Waals surface area contributed by atoms with Crippen molar-refractivity contribution in [3.8, 4) is 0 Å². The van der Waals surface area contributed by atoms with E-state index in [1.807, 2.05) is 13.0 Å². The molecule has 0 saturated carbocycles. The molecule has 1 aliphatic rings. The Morgan fingerprint density at radius 3 is 2.76 bits per heavy atom. The fourth-order valence-corrected chi connectivity index (χ4v) is 2.43. The monoisotopic (exact) mass is 234 g/mol. The first-order valence-corrected chi connectivity index (χ1v) is 6.31. The first-order chi connectivity index (χ1) is 8.08. The Hall–Kier alpha value is -0.900. The Morgan fingerprint density at radius 1 is 1.35 bits per heavy atom. The molecular formula is C14H22N2O. The summed E-state index contributed by atoms with van der Waals surface area (Å²) in [6.07, 6.45) is 0. The van der Waals surface area contributed by atoms with Crippen LogP contribution in [0.1, 0.15) is 25.5 Å². The number of β-amino-alcohol motifs (C(OH)–C–C–N with tert-alkyl or cyclic N) is 1. The normalized spacial score (nSPS) is 28.6. The Labute approximate surface area is 103 Å². The van der Waals surface area contributed by atoms with Crippen LogP contribution in [0.2, 0.25) is 0 Å². The Kier molecular flexibility index (Phi) is 3.82. The van der Waals surface area contributed by atoms with Gasteiger partial charge in [-0.15, -0.1) is 0 Å². The predicted molar refractivity (Wildman–Crippen MR) is 69.9 cm³/mol. The molecule has 2 atom stereocenters. The zero-order valence-electron chi connectivity index (χ0n) is 10.7. The third kappa shape index (κ3) is 3.28. The molecule has 2 unspecified atom stereocenters. The Bertz CT molecular complexity index is 350. The highest BCUT2D eigenvalue weighted by Crippen LogP contribution is 2.22. The van der Waals surface area contributed by atoms with Crippen LogP contribution in [-0.4, -0.2) is 41.8 Å². The zero-order valence-corrected chi connectivity index (χ0v) is 10.7. The van der Waals surface area contributed by atoms with Crippen molar-refractivity contribution in [2.75, 3.05) is 26.2 Å². The van der Waals surface area contributed by atoms with Gasteiger partial charge in [0.25, 0.3) is 0 Å². The van der Waals surface area contributed by atoms with Crippen LogP contribution >= 0.6 is 0 Å². The molecule has 94 valence electrons. The van der Waals surface area contributed by atoms with Crippen LogP contribution in [0.15, 0.2) is 30.3 Å². The number of hydrogen-bond acceptors (Lipinski definition) is 3. The molecule has 0 spiro atoms. The van der Waals surface area contributed by atoms with E-state index in [0.29, 0.717) is 12.6 Å². The molecular weight excluding hydrogens is 212 g/mol. The third-order valence-corrected chi connectivity index (χ3v) is 3.46. The molecule has 2 N–H and O–H groups in total. The van der Waals surface area contributed by atoms with Crippen LogP contribution in [0, 0.1) is 0 Å². The molecule has 1 aliphatic heterocycles. The van der Waals surface area contributed by atoms with Gasteiger partial charge in [0.15, 0.2) is 0 Å².